The molecule has 2 rings (SSSR count). The van der Waals surface area contributed by atoms with Gasteiger partial charge in [-0.1, -0.05) is 0 Å². The van der Waals surface area contributed by atoms with E-state index >= 15 is 0 Å². The van der Waals surface area contributed by atoms with Gasteiger partial charge >= 0.3 is 0 Å². The van der Waals surface area contributed by atoms with Gasteiger partial charge in [-0.2, -0.15) is 0 Å². The van der Waals surface area contributed by atoms with Crippen LogP contribution in [0, 0.1) is 19.6 Å². The first-order chi connectivity index (χ1) is 8.54. The second kappa shape index (κ2) is 5.40. The number of likely N-dealkylation sites (N-methyl/N-ethyl adjacent to an activating group) is 1. The summed E-state index contributed by atoms with van der Waals surface area (Å²) in [6.45, 7) is 0.532. The van der Waals surface area contributed by atoms with E-state index in [4.69, 9.17) is 5.73 Å². The molecule has 0 saturated heterocycles. The topological polar surface area (TPSA) is 72.4 Å². The van der Waals surface area contributed by atoms with Crippen LogP contribution in [0.1, 0.15) is 12.8 Å². The quantitative estimate of drug-likeness (QED) is 0.497. The Bertz CT molecular complexity index is 463. The van der Waals surface area contributed by atoms with Gasteiger partial charge in [0, 0.05) is 29.3 Å². The lowest BCUT2D eigenvalue weighted by Gasteiger charge is -2.28. The zero-order valence-electron chi connectivity index (χ0n) is 10.2. The van der Waals surface area contributed by atoms with Gasteiger partial charge in [0.25, 0.3) is 5.69 Å². The molecular weight excluding hydrogens is 345 g/mol. The second-order valence-electron chi connectivity index (χ2n) is 4.64. The first kappa shape index (κ1) is 13.5. The van der Waals surface area contributed by atoms with Crippen molar-refractivity contribution < 1.29 is 4.92 Å². The van der Waals surface area contributed by atoms with Gasteiger partial charge in [-0.3, -0.25) is 10.1 Å². The summed E-state index contributed by atoms with van der Waals surface area (Å²) < 4.78 is 0.868. The van der Waals surface area contributed by atoms with E-state index in [0.717, 1.165) is 3.57 Å². The largest absolute Gasteiger partial charge is 0.365 e. The maximum Gasteiger partial charge on any atom is 0.293 e. The minimum absolute atomic E-state index is 0.156. The Balaban J connectivity index is 2.33. The van der Waals surface area contributed by atoms with Crippen LogP contribution in [0.5, 0.6) is 0 Å². The molecule has 0 heterocycles. The summed E-state index contributed by atoms with van der Waals surface area (Å²) in [6, 6.07) is 5.50. The summed E-state index contributed by atoms with van der Waals surface area (Å²) in [7, 11) is 1.89. The Labute approximate surface area is 120 Å². The fraction of sp³-hybridized carbons (Fsp3) is 0.500. The van der Waals surface area contributed by atoms with E-state index in [1.807, 2.05) is 24.1 Å². The highest BCUT2D eigenvalue weighted by Gasteiger charge is 2.34. The standard InChI is InChI=1S/C12H16IN3O2/c1-15(12(7-14)8-2-3-8)10-5-4-9(13)6-11(10)16(17)18/h4-6,8,12H,2-3,7,14H2,1H3. The Hall–Kier alpha value is -0.890. The van der Waals surface area contributed by atoms with Gasteiger partial charge in [0.15, 0.2) is 0 Å². The summed E-state index contributed by atoms with van der Waals surface area (Å²) in [5.74, 6) is 0.582. The summed E-state index contributed by atoms with van der Waals surface area (Å²) in [5.41, 5.74) is 6.61. The molecule has 0 amide bonds. The lowest BCUT2D eigenvalue weighted by atomic mass is 10.1. The first-order valence-corrected chi connectivity index (χ1v) is 6.99. The van der Waals surface area contributed by atoms with Crippen LogP contribution in [0.15, 0.2) is 18.2 Å². The van der Waals surface area contributed by atoms with Crippen LogP contribution < -0.4 is 10.6 Å². The van der Waals surface area contributed by atoms with E-state index in [1.54, 1.807) is 6.07 Å². The zero-order valence-corrected chi connectivity index (χ0v) is 12.3. The lowest BCUT2D eigenvalue weighted by Crippen LogP contribution is -2.40. The van der Waals surface area contributed by atoms with Crippen LogP contribution >= 0.6 is 22.6 Å². The monoisotopic (exact) mass is 361 g/mol. The van der Waals surface area contributed by atoms with Crippen molar-refractivity contribution in [3.05, 3.63) is 31.9 Å². The molecule has 5 nitrogen and oxygen atoms in total. The highest BCUT2D eigenvalue weighted by Crippen LogP contribution is 2.38. The smallest absolute Gasteiger partial charge is 0.293 e. The van der Waals surface area contributed by atoms with Crippen molar-refractivity contribution in [2.45, 2.75) is 18.9 Å². The van der Waals surface area contributed by atoms with E-state index < -0.39 is 0 Å². The molecule has 98 valence electrons. The third-order valence-corrected chi connectivity index (χ3v) is 4.09. The predicted octanol–water partition coefficient (Wildman–Crippen LogP) is 2.37. The molecule has 1 unspecified atom stereocenters. The summed E-state index contributed by atoms with van der Waals surface area (Å²) >= 11 is 2.08. The Morgan fingerprint density at radius 3 is 2.78 bits per heavy atom. The average molecular weight is 361 g/mol. The van der Waals surface area contributed by atoms with Crippen molar-refractivity contribution in [2.75, 3.05) is 18.5 Å². The Morgan fingerprint density at radius 1 is 1.61 bits per heavy atom. The van der Waals surface area contributed by atoms with Crippen molar-refractivity contribution >= 4 is 34.0 Å². The van der Waals surface area contributed by atoms with Crippen LogP contribution in [0.3, 0.4) is 0 Å². The number of nitro groups is 1. The highest BCUT2D eigenvalue weighted by atomic mass is 127. The van der Waals surface area contributed by atoms with Crippen molar-refractivity contribution in [3.8, 4) is 0 Å². The number of nitrogens with two attached hydrogens (primary N) is 1. The van der Waals surface area contributed by atoms with Gasteiger partial charge in [-0.15, -0.1) is 0 Å². The van der Waals surface area contributed by atoms with Crippen molar-refractivity contribution in [3.63, 3.8) is 0 Å². The first-order valence-electron chi connectivity index (χ1n) is 5.91. The zero-order chi connectivity index (χ0) is 13.3. The van der Waals surface area contributed by atoms with E-state index in [-0.39, 0.29) is 16.7 Å². The van der Waals surface area contributed by atoms with Crippen molar-refractivity contribution in [2.24, 2.45) is 11.7 Å². The Kier molecular flexibility index (Phi) is 4.06. The minimum atomic E-state index is -0.325. The molecule has 18 heavy (non-hydrogen) atoms. The molecular formula is C12H16IN3O2. The van der Waals surface area contributed by atoms with Gasteiger partial charge in [0.1, 0.15) is 5.69 Å². The van der Waals surface area contributed by atoms with Crippen molar-refractivity contribution in [1.29, 1.82) is 0 Å². The number of halogens is 1. The third kappa shape index (κ3) is 2.74. The molecule has 0 spiro atoms. The number of hydrogen-bond acceptors (Lipinski definition) is 4. The van der Waals surface area contributed by atoms with E-state index in [0.29, 0.717) is 18.2 Å². The van der Waals surface area contributed by atoms with Crippen LogP contribution in [-0.2, 0) is 0 Å². The molecule has 1 aliphatic carbocycles. The molecule has 0 aromatic heterocycles. The van der Waals surface area contributed by atoms with E-state index in [1.165, 1.54) is 12.8 Å². The molecule has 1 saturated carbocycles. The number of nitro benzene ring substituents is 1. The fourth-order valence-corrected chi connectivity index (χ4v) is 2.74. The van der Waals surface area contributed by atoms with Crippen LogP contribution in [0.2, 0.25) is 0 Å². The molecule has 1 atom stereocenters. The number of anilines is 1. The molecule has 1 aliphatic rings. The van der Waals surface area contributed by atoms with Crippen LogP contribution in [0.25, 0.3) is 0 Å². The summed E-state index contributed by atoms with van der Waals surface area (Å²) in [5, 5.41) is 11.1. The van der Waals surface area contributed by atoms with Crippen molar-refractivity contribution in [1.82, 2.24) is 0 Å². The molecule has 1 aromatic rings. The summed E-state index contributed by atoms with van der Waals surface area (Å²) in [4.78, 5) is 12.8. The minimum Gasteiger partial charge on any atom is -0.365 e. The lowest BCUT2D eigenvalue weighted by molar-refractivity contribution is -0.384. The van der Waals surface area contributed by atoms with Crippen LogP contribution in [-0.4, -0.2) is 24.6 Å². The number of hydrogen-bond donors (Lipinski definition) is 1. The molecule has 0 aliphatic heterocycles. The third-order valence-electron chi connectivity index (χ3n) is 3.42. The average Bonchev–Trinajstić information content (AvgIpc) is 3.14. The normalized spacial score (nSPS) is 16.4. The molecule has 0 bridgehead atoms. The van der Waals surface area contributed by atoms with Gasteiger partial charge in [0.2, 0.25) is 0 Å². The van der Waals surface area contributed by atoms with Gasteiger partial charge in [-0.25, -0.2) is 0 Å². The Morgan fingerprint density at radius 2 is 2.28 bits per heavy atom. The van der Waals surface area contributed by atoms with E-state index in [2.05, 4.69) is 22.6 Å². The maximum atomic E-state index is 11.1. The van der Waals surface area contributed by atoms with Crippen LogP contribution in [0.4, 0.5) is 11.4 Å². The summed E-state index contributed by atoms with van der Waals surface area (Å²) in [6.07, 6.45) is 2.34. The number of nitrogens with zero attached hydrogens (tertiary/aromatic N) is 2. The molecule has 2 N–H and O–H groups in total. The number of rotatable bonds is 5. The van der Waals surface area contributed by atoms with Gasteiger partial charge in [0.05, 0.1) is 4.92 Å². The fourth-order valence-electron chi connectivity index (χ4n) is 2.27. The highest BCUT2D eigenvalue weighted by molar-refractivity contribution is 14.1. The van der Waals surface area contributed by atoms with Gasteiger partial charge in [-0.05, 0) is 53.5 Å². The molecule has 1 aromatic carbocycles. The van der Waals surface area contributed by atoms with Gasteiger partial charge < -0.3 is 10.6 Å². The maximum absolute atomic E-state index is 11.1. The SMILES string of the molecule is CN(c1ccc(I)cc1[N+](=O)[O-])C(CN)C1CC1. The molecule has 0 radical (unpaired) electrons. The number of benzene rings is 1. The molecule has 6 heteroatoms. The van der Waals surface area contributed by atoms with E-state index in [9.17, 15) is 10.1 Å². The predicted molar refractivity (Wildman–Crippen MR) is 79.8 cm³/mol. The molecule has 1 fully saturated rings. The second-order valence-corrected chi connectivity index (χ2v) is 5.89.